The lowest BCUT2D eigenvalue weighted by Gasteiger charge is -1.87. The van der Waals surface area contributed by atoms with Crippen molar-refractivity contribution in [1.82, 2.24) is 5.32 Å². The van der Waals surface area contributed by atoms with E-state index in [1.54, 1.807) is 13.8 Å². The SMILES string of the molecule is CC(Br)C(=O)O.CC(Br)C(=O)O.O=C1C=CC(=O)N1. The Labute approximate surface area is 126 Å². The summed E-state index contributed by atoms with van der Waals surface area (Å²) in [4.78, 5) is 38.5. The number of carboxylic acids is 2. The van der Waals surface area contributed by atoms with Crippen molar-refractivity contribution in [2.75, 3.05) is 0 Å². The molecule has 0 aliphatic carbocycles. The number of alkyl halides is 2. The van der Waals surface area contributed by atoms with Crippen LogP contribution in [0.4, 0.5) is 0 Å². The number of amides is 2. The lowest BCUT2D eigenvalue weighted by Crippen LogP contribution is -2.19. The Morgan fingerprint density at radius 2 is 1.21 bits per heavy atom. The molecule has 19 heavy (non-hydrogen) atoms. The van der Waals surface area contributed by atoms with Gasteiger partial charge in [-0.2, -0.15) is 0 Å². The molecule has 1 aliphatic heterocycles. The highest BCUT2D eigenvalue weighted by Crippen LogP contribution is 1.94. The van der Waals surface area contributed by atoms with Crippen LogP contribution in [0.2, 0.25) is 0 Å². The third-order valence-corrected chi connectivity index (χ3v) is 2.10. The van der Waals surface area contributed by atoms with Crippen LogP contribution in [-0.2, 0) is 19.2 Å². The van der Waals surface area contributed by atoms with Gasteiger partial charge in [-0.3, -0.25) is 24.5 Å². The fraction of sp³-hybridized carbons (Fsp3) is 0.400. The van der Waals surface area contributed by atoms with E-state index in [9.17, 15) is 19.2 Å². The van der Waals surface area contributed by atoms with Crippen LogP contribution < -0.4 is 5.32 Å². The molecule has 108 valence electrons. The Hall–Kier alpha value is -1.22. The summed E-state index contributed by atoms with van der Waals surface area (Å²) in [6.07, 6.45) is 2.39. The second-order valence-electron chi connectivity index (χ2n) is 3.10. The average Bonchev–Trinajstić information content (AvgIpc) is 2.63. The number of aliphatic carboxylic acids is 2. The molecule has 2 atom stereocenters. The fourth-order valence-corrected chi connectivity index (χ4v) is 0.356. The zero-order valence-electron chi connectivity index (χ0n) is 10.1. The Balaban J connectivity index is 0. The topological polar surface area (TPSA) is 121 Å². The van der Waals surface area contributed by atoms with Gasteiger partial charge >= 0.3 is 11.9 Å². The number of carboxylic acid groups (broad SMARTS) is 2. The predicted molar refractivity (Wildman–Crippen MR) is 74.3 cm³/mol. The van der Waals surface area contributed by atoms with Crippen LogP contribution >= 0.6 is 31.9 Å². The summed E-state index contributed by atoms with van der Waals surface area (Å²) in [6.45, 7) is 3.12. The number of hydrogen-bond acceptors (Lipinski definition) is 4. The molecule has 0 radical (unpaired) electrons. The molecule has 7 nitrogen and oxygen atoms in total. The minimum Gasteiger partial charge on any atom is -0.480 e. The summed E-state index contributed by atoms with van der Waals surface area (Å²) in [5.74, 6) is -2.31. The first-order valence-electron chi connectivity index (χ1n) is 4.84. The molecule has 1 heterocycles. The van der Waals surface area contributed by atoms with E-state index < -0.39 is 21.6 Å². The number of halogens is 2. The standard InChI is InChI=1S/C4H3NO2.2C3H5BrO2/c6-3-1-2-4(7)5-3;2*1-2(4)3(5)6/h1-2H,(H,5,6,7);2*2H,1H3,(H,5,6). The zero-order chi connectivity index (χ0) is 15.6. The fourth-order valence-electron chi connectivity index (χ4n) is 0.356. The minimum atomic E-state index is -0.824. The molecular weight excluding hydrogens is 390 g/mol. The van der Waals surface area contributed by atoms with E-state index in [4.69, 9.17) is 10.2 Å². The molecule has 0 fully saturated rings. The monoisotopic (exact) mass is 401 g/mol. The third-order valence-electron chi connectivity index (χ3n) is 1.31. The van der Waals surface area contributed by atoms with Crippen molar-refractivity contribution in [3.63, 3.8) is 0 Å². The second-order valence-corrected chi connectivity index (χ2v) is 5.84. The summed E-state index contributed by atoms with van der Waals surface area (Å²) >= 11 is 5.68. The largest absolute Gasteiger partial charge is 0.480 e. The van der Waals surface area contributed by atoms with E-state index >= 15 is 0 Å². The zero-order valence-corrected chi connectivity index (χ0v) is 13.3. The van der Waals surface area contributed by atoms with Crippen molar-refractivity contribution < 1.29 is 29.4 Å². The van der Waals surface area contributed by atoms with Crippen LogP contribution in [0.1, 0.15) is 13.8 Å². The molecule has 0 aromatic carbocycles. The molecular formula is C10H13Br2NO6. The summed E-state index contributed by atoms with van der Waals surface area (Å²) in [6, 6.07) is 0. The maximum atomic E-state index is 10.0. The summed E-state index contributed by atoms with van der Waals surface area (Å²) in [7, 11) is 0. The Bertz CT molecular complexity index is 344. The molecule has 1 aliphatic rings. The Kier molecular flexibility index (Phi) is 11.3. The van der Waals surface area contributed by atoms with Crippen LogP contribution in [0.5, 0.6) is 0 Å². The number of rotatable bonds is 2. The van der Waals surface area contributed by atoms with Gasteiger partial charge in [0.25, 0.3) is 11.8 Å². The third kappa shape index (κ3) is 14.7. The normalized spacial score (nSPS) is 15.2. The molecule has 0 saturated carbocycles. The highest BCUT2D eigenvalue weighted by atomic mass is 79.9. The lowest BCUT2D eigenvalue weighted by atomic mass is 10.5. The van der Waals surface area contributed by atoms with E-state index in [2.05, 4.69) is 31.9 Å². The van der Waals surface area contributed by atoms with Crippen molar-refractivity contribution in [2.24, 2.45) is 0 Å². The first kappa shape index (κ1) is 20.1. The summed E-state index contributed by atoms with van der Waals surface area (Å²) < 4.78 is 0. The van der Waals surface area contributed by atoms with Gasteiger partial charge in [0.15, 0.2) is 0 Å². The van der Waals surface area contributed by atoms with Gasteiger partial charge in [-0.25, -0.2) is 0 Å². The lowest BCUT2D eigenvalue weighted by molar-refractivity contribution is -0.136. The van der Waals surface area contributed by atoms with E-state index in [0.29, 0.717) is 0 Å². The first-order valence-corrected chi connectivity index (χ1v) is 6.67. The maximum Gasteiger partial charge on any atom is 0.316 e. The van der Waals surface area contributed by atoms with Gasteiger partial charge in [0, 0.05) is 12.2 Å². The molecule has 3 N–H and O–H groups in total. The van der Waals surface area contributed by atoms with Gasteiger partial charge < -0.3 is 10.2 Å². The number of nitrogens with one attached hydrogen (secondary N) is 1. The van der Waals surface area contributed by atoms with Crippen LogP contribution in [0, 0.1) is 0 Å². The van der Waals surface area contributed by atoms with Gasteiger partial charge in [0.1, 0.15) is 9.65 Å². The van der Waals surface area contributed by atoms with E-state index in [0.717, 1.165) is 0 Å². The van der Waals surface area contributed by atoms with E-state index in [-0.39, 0.29) is 11.8 Å². The smallest absolute Gasteiger partial charge is 0.316 e. The van der Waals surface area contributed by atoms with Gasteiger partial charge in [0.05, 0.1) is 0 Å². The average molecular weight is 403 g/mol. The molecule has 0 aromatic heterocycles. The second kappa shape index (κ2) is 10.7. The quantitative estimate of drug-likeness (QED) is 0.466. The number of carbonyl (C=O) groups is 4. The van der Waals surface area contributed by atoms with Gasteiger partial charge in [-0.05, 0) is 13.8 Å². The van der Waals surface area contributed by atoms with E-state index in [1.807, 2.05) is 5.32 Å². The number of hydrogen-bond donors (Lipinski definition) is 3. The molecule has 0 aromatic rings. The van der Waals surface area contributed by atoms with Gasteiger partial charge in [0.2, 0.25) is 0 Å². The first-order chi connectivity index (χ1) is 8.57. The Morgan fingerprint density at radius 3 is 1.26 bits per heavy atom. The van der Waals surface area contributed by atoms with Crippen LogP contribution in [-0.4, -0.2) is 43.6 Å². The molecule has 0 spiro atoms. The van der Waals surface area contributed by atoms with Crippen molar-refractivity contribution >= 4 is 55.6 Å². The van der Waals surface area contributed by atoms with Crippen LogP contribution in [0.15, 0.2) is 12.2 Å². The van der Waals surface area contributed by atoms with Crippen molar-refractivity contribution in [1.29, 1.82) is 0 Å². The minimum absolute atomic E-state index is 0.329. The predicted octanol–water partition coefficient (Wildman–Crippen LogP) is 0.908. The molecule has 2 amide bonds. The number of imide groups is 1. The van der Waals surface area contributed by atoms with Crippen molar-refractivity contribution in [3.05, 3.63) is 12.2 Å². The molecule has 0 bridgehead atoms. The highest BCUT2D eigenvalue weighted by molar-refractivity contribution is 9.10. The van der Waals surface area contributed by atoms with Gasteiger partial charge in [-0.15, -0.1) is 0 Å². The highest BCUT2D eigenvalue weighted by Gasteiger charge is 2.06. The van der Waals surface area contributed by atoms with Crippen molar-refractivity contribution in [3.8, 4) is 0 Å². The molecule has 1 rings (SSSR count). The van der Waals surface area contributed by atoms with Gasteiger partial charge in [-0.1, -0.05) is 31.9 Å². The van der Waals surface area contributed by atoms with Crippen LogP contribution in [0.25, 0.3) is 0 Å². The van der Waals surface area contributed by atoms with Crippen LogP contribution in [0.3, 0.4) is 0 Å². The molecule has 9 heteroatoms. The number of carbonyl (C=O) groups excluding carboxylic acids is 2. The summed E-state index contributed by atoms with van der Waals surface area (Å²) in [5.41, 5.74) is 0. The summed E-state index contributed by atoms with van der Waals surface area (Å²) in [5, 5.41) is 17.9. The van der Waals surface area contributed by atoms with Crippen molar-refractivity contribution in [2.45, 2.75) is 23.5 Å². The molecule has 2 unspecified atom stereocenters. The maximum absolute atomic E-state index is 10.0. The van der Waals surface area contributed by atoms with E-state index in [1.165, 1.54) is 12.2 Å². The molecule has 0 saturated heterocycles. The Morgan fingerprint density at radius 1 is 1.00 bits per heavy atom.